The van der Waals surface area contributed by atoms with E-state index in [9.17, 15) is 4.79 Å². The lowest BCUT2D eigenvalue weighted by Gasteiger charge is -2.24. The molecule has 2 aliphatic rings. The Morgan fingerprint density at radius 1 is 1.36 bits per heavy atom. The number of nitrogens with zero attached hydrogens (tertiary/aromatic N) is 3. The SMILES string of the molecule is Nc1nc(C(=O)/C=C/CN2CCOCC2)nc2sc3c(c12)CCNC3. The van der Waals surface area contributed by atoms with E-state index in [4.69, 9.17) is 10.5 Å². The average Bonchev–Trinajstić information content (AvgIpc) is 3.01. The molecule has 132 valence electrons. The Morgan fingerprint density at radius 3 is 3.04 bits per heavy atom. The second-order valence-corrected chi connectivity index (χ2v) is 7.31. The third-order valence-corrected chi connectivity index (χ3v) is 5.68. The minimum absolute atomic E-state index is 0.176. The number of anilines is 1. The van der Waals surface area contributed by atoms with E-state index < -0.39 is 0 Å². The van der Waals surface area contributed by atoms with E-state index in [0.717, 1.165) is 62.6 Å². The summed E-state index contributed by atoms with van der Waals surface area (Å²) in [5, 5.41) is 4.27. The minimum Gasteiger partial charge on any atom is -0.383 e. The Kier molecular flexibility index (Phi) is 4.76. The number of carbonyl (C=O) groups excluding carboxylic acids is 1. The fourth-order valence-electron chi connectivity index (χ4n) is 3.23. The van der Waals surface area contributed by atoms with Gasteiger partial charge in [0, 0.05) is 31.1 Å². The summed E-state index contributed by atoms with van der Waals surface area (Å²) < 4.78 is 5.32. The first kappa shape index (κ1) is 16.6. The lowest BCUT2D eigenvalue weighted by molar-refractivity contribution is 0.0434. The molecular weight excluding hydrogens is 338 g/mol. The summed E-state index contributed by atoms with van der Waals surface area (Å²) in [6.07, 6.45) is 4.33. The number of thiophene rings is 1. The largest absolute Gasteiger partial charge is 0.383 e. The van der Waals surface area contributed by atoms with Crippen LogP contribution in [-0.4, -0.2) is 60.0 Å². The zero-order valence-electron chi connectivity index (χ0n) is 14.0. The highest BCUT2D eigenvalue weighted by Crippen LogP contribution is 2.34. The highest BCUT2D eigenvalue weighted by molar-refractivity contribution is 7.19. The first-order valence-corrected chi connectivity index (χ1v) is 9.33. The smallest absolute Gasteiger partial charge is 0.222 e. The Morgan fingerprint density at radius 2 is 2.20 bits per heavy atom. The molecule has 4 heterocycles. The van der Waals surface area contributed by atoms with Gasteiger partial charge in [-0.15, -0.1) is 11.3 Å². The zero-order valence-corrected chi connectivity index (χ0v) is 14.8. The van der Waals surface area contributed by atoms with Crippen LogP contribution >= 0.6 is 11.3 Å². The standard InChI is InChI=1S/C17H21N5O2S/c18-15-14-11-3-4-19-10-13(11)25-17(14)21-16(20-15)12(23)2-1-5-22-6-8-24-9-7-22/h1-2,19H,3-10H2,(H2,18,20,21)/b2-1+. The van der Waals surface area contributed by atoms with E-state index in [1.54, 1.807) is 17.4 Å². The number of ether oxygens (including phenoxy) is 1. The predicted molar refractivity (Wildman–Crippen MR) is 98.0 cm³/mol. The molecule has 25 heavy (non-hydrogen) atoms. The van der Waals surface area contributed by atoms with Gasteiger partial charge in [-0.2, -0.15) is 0 Å². The van der Waals surface area contributed by atoms with E-state index in [1.165, 1.54) is 10.4 Å². The van der Waals surface area contributed by atoms with E-state index in [0.29, 0.717) is 5.82 Å². The zero-order chi connectivity index (χ0) is 17.2. The normalized spacial score (nSPS) is 18.7. The Hall–Kier alpha value is -1.87. The molecule has 1 fully saturated rings. The molecule has 0 atom stereocenters. The number of hydrogen-bond acceptors (Lipinski definition) is 8. The minimum atomic E-state index is -0.202. The molecule has 8 heteroatoms. The molecule has 7 nitrogen and oxygen atoms in total. The van der Waals surface area contributed by atoms with Gasteiger partial charge in [0.05, 0.1) is 18.6 Å². The van der Waals surface area contributed by atoms with E-state index >= 15 is 0 Å². The maximum atomic E-state index is 12.4. The van der Waals surface area contributed by atoms with Crippen LogP contribution in [0.5, 0.6) is 0 Å². The van der Waals surface area contributed by atoms with Crippen LogP contribution in [0, 0.1) is 0 Å². The number of hydrogen-bond donors (Lipinski definition) is 2. The molecular formula is C17H21N5O2S. The van der Waals surface area contributed by atoms with E-state index in [2.05, 4.69) is 20.2 Å². The summed E-state index contributed by atoms with van der Waals surface area (Å²) >= 11 is 1.60. The second-order valence-electron chi connectivity index (χ2n) is 6.22. The average molecular weight is 359 g/mol. The quantitative estimate of drug-likeness (QED) is 0.621. The molecule has 2 aromatic rings. The van der Waals surface area contributed by atoms with Crippen molar-refractivity contribution in [2.45, 2.75) is 13.0 Å². The number of fused-ring (bicyclic) bond motifs is 3. The van der Waals surface area contributed by atoms with Crippen molar-refractivity contribution in [3.63, 3.8) is 0 Å². The van der Waals surface area contributed by atoms with Gasteiger partial charge in [-0.1, -0.05) is 6.08 Å². The molecule has 4 rings (SSSR count). The summed E-state index contributed by atoms with van der Waals surface area (Å²) in [7, 11) is 0. The van der Waals surface area contributed by atoms with Crippen LogP contribution in [0.3, 0.4) is 0 Å². The Bertz CT molecular complexity index is 826. The van der Waals surface area contributed by atoms with Crippen LogP contribution in [-0.2, 0) is 17.7 Å². The molecule has 0 amide bonds. The van der Waals surface area contributed by atoms with Gasteiger partial charge in [0.1, 0.15) is 10.6 Å². The summed E-state index contributed by atoms with van der Waals surface area (Å²) in [5.74, 6) is 0.385. The maximum Gasteiger partial charge on any atom is 0.222 e. The van der Waals surface area contributed by atoms with Gasteiger partial charge in [-0.3, -0.25) is 9.69 Å². The highest BCUT2D eigenvalue weighted by Gasteiger charge is 2.21. The monoisotopic (exact) mass is 359 g/mol. The Balaban J connectivity index is 1.53. The maximum absolute atomic E-state index is 12.4. The van der Waals surface area contributed by atoms with Gasteiger partial charge < -0.3 is 15.8 Å². The molecule has 3 N–H and O–H groups in total. The number of carbonyl (C=O) groups is 1. The summed E-state index contributed by atoms with van der Waals surface area (Å²) in [6, 6.07) is 0. The van der Waals surface area contributed by atoms with Crippen molar-refractivity contribution in [1.82, 2.24) is 20.2 Å². The Labute approximate surface area is 149 Å². The molecule has 0 bridgehead atoms. The lowest BCUT2D eigenvalue weighted by atomic mass is 10.1. The molecule has 0 aliphatic carbocycles. The number of morpholine rings is 1. The molecule has 2 aromatic heterocycles. The van der Waals surface area contributed by atoms with Crippen LogP contribution < -0.4 is 11.1 Å². The number of allylic oxidation sites excluding steroid dienone is 1. The molecule has 0 saturated carbocycles. The molecule has 1 saturated heterocycles. The van der Waals surface area contributed by atoms with Gasteiger partial charge in [0.15, 0.2) is 0 Å². The molecule has 0 spiro atoms. The van der Waals surface area contributed by atoms with E-state index in [-0.39, 0.29) is 11.6 Å². The van der Waals surface area contributed by atoms with Gasteiger partial charge in [0.2, 0.25) is 11.6 Å². The molecule has 0 radical (unpaired) electrons. The second kappa shape index (κ2) is 7.17. The molecule has 0 unspecified atom stereocenters. The summed E-state index contributed by atoms with van der Waals surface area (Å²) in [4.78, 5) is 25.4. The third-order valence-electron chi connectivity index (χ3n) is 4.56. The van der Waals surface area contributed by atoms with E-state index in [1.807, 2.05) is 6.08 Å². The van der Waals surface area contributed by atoms with Crippen molar-refractivity contribution in [3.8, 4) is 0 Å². The fourth-order valence-corrected chi connectivity index (χ4v) is 4.43. The highest BCUT2D eigenvalue weighted by atomic mass is 32.1. The van der Waals surface area contributed by atoms with Crippen LogP contribution in [0.25, 0.3) is 10.2 Å². The van der Waals surface area contributed by atoms with Gasteiger partial charge >= 0.3 is 0 Å². The van der Waals surface area contributed by atoms with Crippen molar-refractivity contribution >= 4 is 33.2 Å². The summed E-state index contributed by atoms with van der Waals surface area (Å²) in [6.45, 7) is 5.77. The van der Waals surface area contributed by atoms with Gasteiger partial charge in [-0.25, -0.2) is 9.97 Å². The third kappa shape index (κ3) is 3.43. The van der Waals surface area contributed by atoms with Crippen molar-refractivity contribution < 1.29 is 9.53 Å². The topological polar surface area (TPSA) is 93.4 Å². The number of rotatable bonds is 4. The predicted octanol–water partition coefficient (Wildman–Crippen LogP) is 0.990. The van der Waals surface area contributed by atoms with Crippen LogP contribution in [0.15, 0.2) is 12.2 Å². The first-order valence-electron chi connectivity index (χ1n) is 8.52. The van der Waals surface area contributed by atoms with Crippen molar-refractivity contribution in [2.75, 3.05) is 45.1 Å². The van der Waals surface area contributed by atoms with Gasteiger partial charge in [-0.05, 0) is 24.6 Å². The van der Waals surface area contributed by atoms with Crippen LogP contribution in [0.2, 0.25) is 0 Å². The van der Waals surface area contributed by atoms with Crippen molar-refractivity contribution in [2.24, 2.45) is 0 Å². The number of aromatic nitrogens is 2. The number of nitrogens with two attached hydrogens (primary N) is 1. The summed E-state index contributed by atoms with van der Waals surface area (Å²) in [5.41, 5.74) is 7.38. The lowest BCUT2D eigenvalue weighted by Crippen LogP contribution is -2.36. The van der Waals surface area contributed by atoms with Crippen LogP contribution in [0.4, 0.5) is 5.82 Å². The van der Waals surface area contributed by atoms with Crippen molar-refractivity contribution in [1.29, 1.82) is 0 Å². The number of ketones is 1. The van der Waals surface area contributed by atoms with Crippen molar-refractivity contribution in [3.05, 3.63) is 28.4 Å². The fraction of sp³-hybridized carbons (Fsp3) is 0.471. The molecule has 2 aliphatic heterocycles. The number of nitrogen functional groups attached to an aromatic ring is 1. The van der Waals surface area contributed by atoms with Crippen LogP contribution in [0.1, 0.15) is 21.1 Å². The molecule has 0 aromatic carbocycles. The first-order chi connectivity index (χ1) is 12.2. The number of nitrogens with one attached hydrogen (secondary N) is 1. The van der Waals surface area contributed by atoms with Gasteiger partial charge in [0.25, 0.3) is 0 Å².